The number of hydrogen-bond donors (Lipinski definition) is 3. The molecule has 106 valence electrons. The third-order valence-corrected chi connectivity index (χ3v) is 3.90. The largest absolute Gasteiger partial charge is 0.481 e. The third-order valence-electron chi connectivity index (χ3n) is 2.22. The summed E-state index contributed by atoms with van der Waals surface area (Å²) in [5.41, 5.74) is 0.685. The first kappa shape index (κ1) is 15.5. The molecule has 0 saturated heterocycles. The molecule has 0 aliphatic rings. The van der Waals surface area contributed by atoms with Crippen LogP contribution >= 0.6 is 0 Å². The number of rotatable bonds is 7. The van der Waals surface area contributed by atoms with Gasteiger partial charge in [0.25, 0.3) is 0 Å². The number of carboxylic acids is 1. The molecular formula is C12H18N2O4S. The highest BCUT2D eigenvalue weighted by atomic mass is 32.2. The van der Waals surface area contributed by atoms with Crippen molar-refractivity contribution in [1.29, 1.82) is 0 Å². The normalized spacial score (nSPS) is 11.5. The SMILES string of the molecule is CC(C)NS(=O)(=O)c1ccc(NCCC(=O)O)cc1. The Morgan fingerprint density at radius 2 is 1.84 bits per heavy atom. The van der Waals surface area contributed by atoms with Crippen molar-refractivity contribution in [3.8, 4) is 0 Å². The monoisotopic (exact) mass is 286 g/mol. The molecule has 0 saturated carbocycles. The van der Waals surface area contributed by atoms with Crippen LogP contribution in [0.4, 0.5) is 5.69 Å². The second-order valence-corrected chi connectivity index (χ2v) is 6.08. The van der Waals surface area contributed by atoms with E-state index >= 15 is 0 Å². The van der Waals surface area contributed by atoms with Gasteiger partial charge >= 0.3 is 5.97 Å². The highest BCUT2D eigenvalue weighted by Gasteiger charge is 2.14. The quantitative estimate of drug-likeness (QED) is 0.701. The van der Waals surface area contributed by atoms with Gasteiger partial charge in [0.15, 0.2) is 0 Å². The minimum atomic E-state index is -3.48. The predicted octanol–water partition coefficient (Wildman–Crippen LogP) is 1.26. The number of hydrogen-bond acceptors (Lipinski definition) is 4. The molecule has 0 aliphatic heterocycles. The zero-order valence-corrected chi connectivity index (χ0v) is 11.7. The molecule has 0 heterocycles. The summed E-state index contributed by atoms with van der Waals surface area (Å²) < 4.78 is 26.2. The molecule has 6 nitrogen and oxygen atoms in total. The second-order valence-electron chi connectivity index (χ2n) is 4.37. The lowest BCUT2D eigenvalue weighted by Gasteiger charge is -2.10. The Kier molecular flexibility index (Phi) is 5.31. The molecular weight excluding hydrogens is 268 g/mol. The van der Waals surface area contributed by atoms with Gasteiger partial charge in [-0.3, -0.25) is 4.79 Å². The molecule has 0 bridgehead atoms. The lowest BCUT2D eigenvalue weighted by molar-refractivity contribution is -0.136. The summed E-state index contributed by atoms with van der Waals surface area (Å²) in [6, 6.07) is 6.01. The smallest absolute Gasteiger partial charge is 0.305 e. The molecule has 1 aromatic rings. The molecule has 0 aromatic heterocycles. The molecule has 1 aromatic carbocycles. The predicted molar refractivity (Wildman–Crippen MR) is 72.6 cm³/mol. The van der Waals surface area contributed by atoms with Gasteiger partial charge in [0.1, 0.15) is 0 Å². The van der Waals surface area contributed by atoms with Crippen LogP contribution in [0.5, 0.6) is 0 Å². The molecule has 0 aliphatic carbocycles. The van der Waals surface area contributed by atoms with Crippen LogP contribution in [-0.4, -0.2) is 32.1 Å². The van der Waals surface area contributed by atoms with Crippen molar-refractivity contribution in [1.82, 2.24) is 4.72 Å². The first-order valence-electron chi connectivity index (χ1n) is 5.89. The summed E-state index contributed by atoms with van der Waals surface area (Å²) in [7, 11) is -3.48. The molecule has 0 radical (unpaired) electrons. The van der Waals surface area contributed by atoms with Crippen LogP contribution in [0.1, 0.15) is 20.3 Å². The van der Waals surface area contributed by atoms with Crippen LogP contribution < -0.4 is 10.0 Å². The van der Waals surface area contributed by atoms with E-state index in [0.29, 0.717) is 12.2 Å². The summed E-state index contributed by atoms with van der Waals surface area (Å²) in [4.78, 5) is 10.5. The van der Waals surface area contributed by atoms with E-state index in [1.807, 2.05) is 0 Å². The van der Waals surface area contributed by atoms with Crippen molar-refractivity contribution in [2.45, 2.75) is 31.2 Å². The zero-order chi connectivity index (χ0) is 14.5. The maximum absolute atomic E-state index is 11.8. The van der Waals surface area contributed by atoms with Crippen molar-refractivity contribution < 1.29 is 18.3 Å². The lowest BCUT2D eigenvalue weighted by atomic mass is 10.3. The Morgan fingerprint density at radius 3 is 2.32 bits per heavy atom. The van der Waals surface area contributed by atoms with Gasteiger partial charge in [-0.05, 0) is 38.1 Å². The minimum absolute atomic E-state index is 0.00888. The molecule has 7 heteroatoms. The van der Waals surface area contributed by atoms with Gasteiger partial charge in [-0.25, -0.2) is 13.1 Å². The van der Waals surface area contributed by atoms with E-state index in [9.17, 15) is 13.2 Å². The molecule has 0 spiro atoms. The van der Waals surface area contributed by atoms with E-state index in [0.717, 1.165) is 0 Å². The average molecular weight is 286 g/mol. The fraction of sp³-hybridized carbons (Fsp3) is 0.417. The number of nitrogens with one attached hydrogen (secondary N) is 2. The van der Waals surface area contributed by atoms with Crippen LogP contribution in [0.2, 0.25) is 0 Å². The standard InChI is InChI=1S/C12H18N2O4S/c1-9(2)14-19(17,18)11-5-3-10(4-6-11)13-8-7-12(15)16/h3-6,9,13-14H,7-8H2,1-2H3,(H,15,16). The molecule has 19 heavy (non-hydrogen) atoms. The summed E-state index contributed by atoms with van der Waals surface area (Å²) in [6.45, 7) is 3.80. The Bertz CT molecular complexity index is 523. The Morgan fingerprint density at radius 1 is 1.26 bits per heavy atom. The highest BCUT2D eigenvalue weighted by molar-refractivity contribution is 7.89. The van der Waals surface area contributed by atoms with Crippen LogP contribution in [0.15, 0.2) is 29.2 Å². The Balaban J connectivity index is 2.68. The number of carbonyl (C=O) groups is 1. The van der Waals surface area contributed by atoms with Gasteiger partial charge in [0, 0.05) is 18.3 Å². The molecule has 0 atom stereocenters. The first-order chi connectivity index (χ1) is 8.81. The maximum atomic E-state index is 11.8. The van der Waals surface area contributed by atoms with Crippen molar-refractivity contribution in [2.75, 3.05) is 11.9 Å². The number of sulfonamides is 1. The van der Waals surface area contributed by atoms with Crippen LogP contribution in [0, 0.1) is 0 Å². The van der Waals surface area contributed by atoms with Gasteiger partial charge in [0.05, 0.1) is 11.3 Å². The van der Waals surface area contributed by atoms with E-state index < -0.39 is 16.0 Å². The van der Waals surface area contributed by atoms with E-state index in [2.05, 4.69) is 10.0 Å². The number of carboxylic acid groups (broad SMARTS) is 1. The third kappa shape index (κ3) is 5.27. The second kappa shape index (κ2) is 6.53. The van der Waals surface area contributed by atoms with Crippen molar-refractivity contribution in [3.63, 3.8) is 0 Å². The Labute approximate surface area is 112 Å². The van der Waals surface area contributed by atoms with Crippen LogP contribution in [-0.2, 0) is 14.8 Å². The summed E-state index contributed by atoms with van der Waals surface area (Å²) >= 11 is 0. The van der Waals surface area contributed by atoms with Gasteiger partial charge in [0.2, 0.25) is 10.0 Å². The van der Waals surface area contributed by atoms with Crippen molar-refractivity contribution in [2.24, 2.45) is 0 Å². The Hall–Kier alpha value is -1.60. The van der Waals surface area contributed by atoms with Crippen molar-refractivity contribution >= 4 is 21.7 Å². The lowest BCUT2D eigenvalue weighted by Crippen LogP contribution is -2.30. The molecule has 0 amide bonds. The summed E-state index contributed by atoms with van der Waals surface area (Å²) in [6.07, 6.45) is 0.00888. The molecule has 0 fully saturated rings. The average Bonchev–Trinajstić information content (AvgIpc) is 2.27. The summed E-state index contributed by atoms with van der Waals surface area (Å²) in [5, 5.41) is 11.4. The van der Waals surface area contributed by atoms with Crippen LogP contribution in [0.25, 0.3) is 0 Å². The summed E-state index contributed by atoms with van der Waals surface area (Å²) in [5.74, 6) is -0.882. The number of benzene rings is 1. The van der Waals surface area contributed by atoms with Gasteiger partial charge in [-0.15, -0.1) is 0 Å². The molecule has 0 unspecified atom stereocenters. The first-order valence-corrected chi connectivity index (χ1v) is 7.37. The molecule has 1 rings (SSSR count). The van der Waals surface area contributed by atoms with Gasteiger partial charge < -0.3 is 10.4 Å². The number of aliphatic carboxylic acids is 1. The van der Waals surface area contributed by atoms with E-state index in [-0.39, 0.29) is 17.4 Å². The number of anilines is 1. The zero-order valence-electron chi connectivity index (χ0n) is 10.9. The highest BCUT2D eigenvalue weighted by Crippen LogP contribution is 2.14. The topological polar surface area (TPSA) is 95.5 Å². The van der Waals surface area contributed by atoms with Crippen molar-refractivity contribution in [3.05, 3.63) is 24.3 Å². The minimum Gasteiger partial charge on any atom is -0.481 e. The van der Waals surface area contributed by atoms with Gasteiger partial charge in [-0.1, -0.05) is 0 Å². The maximum Gasteiger partial charge on any atom is 0.305 e. The van der Waals surface area contributed by atoms with E-state index in [4.69, 9.17) is 5.11 Å². The van der Waals surface area contributed by atoms with Gasteiger partial charge in [-0.2, -0.15) is 0 Å². The van der Waals surface area contributed by atoms with E-state index in [1.54, 1.807) is 26.0 Å². The molecule has 3 N–H and O–H groups in total. The fourth-order valence-corrected chi connectivity index (χ4v) is 2.70. The fourth-order valence-electron chi connectivity index (χ4n) is 1.44. The van der Waals surface area contributed by atoms with Crippen LogP contribution in [0.3, 0.4) is 0 Å². The van der Waals surface area contributed by atoms with E-state index in [1.165, 1.54) is 12.1 Å².